The molecule has 0 aromatic heterocycles. The molecule has 0 fully saturated rings. The second-order valence-corrected chi connectivity index (χ2v) is 16.3. The minimum absolute atomic E-state index is 0.168. The maximum Gasteiger partial charge on any atom is 0.295 e. The molecule has 0 aliphatic carbocycles. The molecule has 48 heavy (non-hydrogen) atoms. The maximum atomic E-state index is 12.7. The van der Waals surface area contributed by atoms with Gasteiger partial charge in [-0.25, -0.2) is 0 Å². The highest BCUT2D eigenvalue weighted by Gasteiger charge is 2.22. The molecular weight excluding hydrogens is 609 g/mol. The van der Waals surface area contributed by atoms with Gasteiger partial charge in [0.2, 0.25) is 0 Å². The Morgan fingerprint density at radius 2 is 0.792 bits per heavy atom. The second-order valence-electron chi connectivity index (χ2n) is 14.9. The molecule has 0 amide bonds. The third-order valence-corrected chi connectivity index (χ3v) is 11.5. The Labute approximate surface area is 298 Å². The second kappa shape index (κ2) is 28.3. The van der Waals surface area contributed by atoms with Crippen molar-refractivity contribution in [2.24, 2.45) is 0 Å². The van der Waals surface area contributed by atoms with Crippen LogP contribution in [-0.2, 0) is 23.0 Å². The lowest BCUT2D eigenvalue weighted by molar-refractivity contribution is 0.482. The first-order chi connectivity index (χ1) is 23.5. The van der Waals surface area contributed by atoms with Crippen LogP contribution in [0, 0.1) is 0 Å². The molecule has 4 heteroatoms. The first kappa shape index (κ1) is 42.8. The Morgan fingerprint density at radius 3 is 1.17 bits per heavy atom. The van der Waals surface area contributed by atoms with Crippen LogP contribution in [0.3, 0.4) is 0 Å². The molecule has 2 rings (SSSR count). The molecule has 3 nitrogen and oxygen atoms in total. The summed E-state index contributed by atoms with van der Waals surface area (Å²) in [4.78, 5) is 0.168. The van der Waals surface area contributed by atoms with Crippen LogP contribution in [0.2, 0.25) is 0 Å². The summed E-state index contributed by atoms with van der Waals surface area (Å²) in [5.41, 5.74) is 2.00. The van der Waals surface area contributed by atoms with Crippen molar-refractivity contribution in [3.05, 3.63) is 41.5 Å². The Balaban J connectivity index is 1.71. The number of unbranched alkanes of at least 4 members (excludes halogenated alkanes) is 28. The summed E-state index contributed by atoms with van der Waals surface area (Å²) in [5.74, 6) is 0. The fourth-order valence-corrected chi connectivity index (χ4v) is 8.57. The highest BCUT2D eigenvalue weighted by molar-refractivity contribution is 7.86. The number of fused-ring (bicyclic) bond motifs is 1. The zero-order valence-electron chi connectivity index (χ0n) is 31.7. The summed E-state index contributed by atoms with van der Waals surface area (Å²) in [6, 6.07) is 9.88. The molecule has 0 saturated carbocycles. The molecule has 1 N–H and O–H groups in total. The van der Waals surface area contributed by atoms with Gasteiger partial charge in [0, 0.05) is 5.39 Å². The van der Waals surface area contributed by atoms with E-state index in [1.807, 2.05) is 24.3 Å². The van der Waals surface area contributed by atoms with Gasteiger partial charge in [0.25, 0.3) is 10.1 Å². The van der Waals surface area contributed by atoms with Crippen molar-refractivity contribution < 1.29 is 13.0 Å². The standard InChI is InChI=1S/C44H76O3S/c1-3-5-7-9-11-13-15-17-19-21-23-25-27-29-31-35-40-39-41-36-33-34-38-43(41)44(48(45,46)47)42(40)37-32-30-28-26-24-22-20-18-16-14-12-10-8-6-4-2/h33-34,36,38-39H,3-32,35,37H2,1-2H3,(H,45,46,47). The monoisotopic (exact) mass is 685 g/mol. The lowest BCUT2D eigenvalue weighted by Gasteiger charge is -2.17. The number of hydrogen-bond donors (Lipinski definition) is 1. The van der Waals surface area contributed by atoms with Crippen LogP contribution in [0.25, 0.3) is 10.8 Å². The molecule has 0 atom stereocenters. The Kier molecular flexibility index (Phi) is 25.2. The summed E-state index contributed by atoms with van der Waals surface area (Å²) in [5, 5.41) is 1.58. The van der Waals surface area contributed by atoms with Gasteiger partial charge in [0.1, 0.15) is 4.90 Å². The summed E-state index contributed by atoms with van der Waals surface area (Å²) in [6.45, 7) is 4.56. The molecule has 0 aliphatic heterocycles. The Hall–Kier alpha value is -1.39. The predicted octanol–water partition coefficient (Wildman–Crippen LogP) is 14.9. The van der Waals surface area contributed by atoms with Crippen LogP contribution in [-0.4, -0.2) is 13.0 Å². The van der Waals surface area contributed by atoms with E-state index in [-0.39, 0.29) is 4.90 Å². The molecule has 0 aliphatic rings. The molecule has 0 bridgehead atoms. The van der Waals surface area contributed by atoms with Crippen molar-refractivity contribution in [2.45, 2.75) is 224 Å². The lowest BCUT2D eigenvalue weighted by atomic mass is 9.93. The summed E-state index contributed by atoms with van der Waals surface area (Å²) < 4.78 is 35.9. The largest absolute Gasteiger partial charge is 0.295 e. The van der Waals surface area contributed by atoms with Crippen LogP contribution in [0.1, 0.15) is 218 Å². The van der Waals surface area contributed by atoms with E-state index < -0.39 is 10.1 Å². The quantitative estimate of drug-likeness (QED) is 0.0601. The average Bonchev–Trinajstić information content (AvgIpc) is 3.07. The van der Waals surface area contributed by atoms with Gasteiger partial charge in [-0.05, 0) is 42.2 Å². The van der Waals surface area contributed by atoms with Crippen LogP contribution in [0.5, 0.6) is 0 Å². The molecular formula is C44H76O3S. The van der Waals surface area contributed by atoms with Gasteiger partial charge in [-0.1, -0.05) is 224 Å². The zero-order chi connectivity index (χ0) is 34.5. The summed E-state index contributed by atoms with van der Waals surface area (Å²) in [7, 11) is -4.31. The van der Waals surface area contributed by atoms with Crippen LogP contribution >= 0.6 is 0 Å². The first-order valence-electron chi connectivity index (χ1n) is 21.0. The highest BCUT2D eigenvalue weighted by atomic mass is 32.2. The van der Waals surface area contributed by atoms with Crippen molar-refractivity contribution in [2.75, 3.05) is 0 Å². The lowest BCUT2D eigenvalue weighted by Crippen LogP contribution is -2.08. The van der Waals surface area contributed by atoms with Crippen LogP contribution < -0.4 is 0 Å². The average molecular weight is 685 g/mol. The summed E-state index contributed by atoms with van der Waals surface area (Å²) >= 11 is 0. The normalized spacial score (nSPS) is 12.0. The molecule has 0 heterocycles. The van der Waals surface area contributed by atoms with Gasteiger partial charge < -0.3 is 0 Å². The number of benzene rings is 2. The fourth-order valence-electron chi connectivity index (χ4n) is 7.56. The van der Waals surface area contributed by atoms with E-state index in [1.54, 1.807) is 0 Å². The van der Waals surface area contributed by atoms with E-state index in [9.17, 15) is 13.0 Å². The molecule has 0 saturated heterocycles. The first-order valence-corrected chi connectivity index (χ1v) is 22.4. The van der Waals surface area contributed by atoms with E-state index in [0.29, 0.717) is 5.39 Å². The van der Waals surface area contributed by atoms with E-state index in [2.05, 4.69) is 19.9 Å². The topological polar surface area (TPSA) is 54.4 Å². The van der Waals surface area contributed by atoms with Gasteiger partial charge in [-0.15, -0.1) is 0 Å². The third-order valence-electron chi connectivity index (χ3n) is 10.5. The van der Waals surface area contributed by atoms with Crippen molar-refractivity contribution in [3.8, 4) is 0 Å². The van der Waals surface area contributed by atoms with Gasteiger partial charge in [0.15, 0.2) is 0 Å². The van der Waals surface area contributed by atoms with Gasteiger partial charge in [-0.3, -0.25) is 4.55 Å². The molecule has 0 radical (unpaired) electrons. The summed E-state index contributed by atoms with van der Waals surface area (Å²) in [6.07, 6.45) is 41.5. The fraction of sp³-hybridized carbons (Fsp3) is 0.773. The van der Waals surface area contributed by atoms with Crippen molar-refractivity contribution in [1.82, 2.24) is 0 Å². The smallest absolute Gasteiger partial charge is 0.282 e. The Bertz CT molecular complexity index is 1160. The SMILES string of the molecule is CCCCCCCCCCCCCCCCCc1cc2ccccc2c(S(=O)(=O)O)c1CCCCCCCCCCCCCCCCC. The highest BCUT2D eigenvalue weighted by Crippen LogP contribution is 2.32. The molecule has 2 aromatic carbocycles. The minimum Gasteiger partial charge on any atom is -0.282 e. The van der Waals surface area contributed by atoms with Crippen LogP contribution in [0.4, 0.5) is 0 Å². The van der Waals surface area contributed by atoms with Crippen molar-refractivity contribution in [3.63, 3.8) is 0 Å². The number of aryl methyl sites for hydroxylation is 1. The maximum absolute atomic E-state index is 12.7. The number of rotatable bonds is 33. The van der Waals surface area contributed by atoms with E-state index in [4.69, 9.17) is 0 Å². The van der Waals surface area contributed by atoms with E-state index in [0.717, 1.165) is 48.6 Å². The minimum atomic E-state index is -4.31. The molecule has 2 aromatic rings. The van der Waals surface area contributed by atoms with Crippen LogP contribution in [0.15, 0.2) is 35.2 Å². The zero-order valence-corrected chi connectivity index (χ0v) is 32.5. The Morgan fingerprint density at radius 1 is 0.458 bits per heavy atom. The number of hydrogen-bond acceptors (Lipinski definition) is 2. The van der Waals surface area contributed by atoms with E-state index >= 15 is 0 Å². The molecule has 0 unspecified atom stereocenters. The molecule has 276 valence electrons. The van der Waals surface area contributed by atoms with Crippen molar-refractivity contribution in [1.29, 1.82) is 0 Å². The van der Waals surface area contributed by atoms with Gasteiger partial charge >= 0.3 is 0 Å². The van der Waals surface area contributed by atoms with Gasteiger partial charge in [-0.2, -0.15) is 8.42 Å². The van der Waals surface area contributed by atoms with Gasteiger partial charge in [0.05, 0.1) is 0 Å². The predicted molar refractivity (Wildman–Crippen MR) is 211 cm³/mol. The van der Waals surface area contributed by atoms with E-state index in [1.165, 1.54) is 173 Å². The molecule has 0 spiro atoms. The third kappa shape index (κ3) is 19.7. The van der Waals surface area contributed by atoms with Crippen molar-refractivity contribution >= 4 is 20.9 Å².